The molecule has 8 heteroatoms. The summed E-state index contributed by atoms with van der Waals surface area (Å²) in [5.41, 5.74) is 5.16. The number of nitrogens with one attached hydrogen (secondary N) is 2. The van der Waals surface area contributed by atoms with Crippen LogP contribution in [0.15, 0.2) is 0 Å². The van der Waals surface area contributed by atoms with E-state index in [1.165, 1.54) is 11.9 Å². The second-order valence-corrected chi connectivity index (χ2v) is 6.96. The first-order valence-electron chi connectivity index (χ1n) is 8.53. The van der Waals surface area contributed by atoms with Gasteiger partial charge < -0.3 is 21.3 Å². The number of rotatable bonds is 10. The van der Waals surface area contributed by atoms with Gasteiger partial charge in [0.25, 0.3) is 0 Å². The first-order valence-corrected chi connectivity index (χ1v) is 8.53. The highest BCUT2D eigenvalue weighted by Gasteiger charge is 2.30. The van der Waals surface area contributed by atoms with Crippen LogP contribution in [0, 0.1) is 5.92 Å². The van der Waals surface area contributed by atoms with Crippen LogP contribution in [0.1, 0.15) is 48.0 Å². The first kappa shape index (κ1) is 23.0. The molecule has 0 saturated heterocycles. The fourth-order valence-corrected chi connectivity index (χ4v) is 2.36. The topological polar surface area (TPSA) is 122 Å². The standard InChI is InChI=1S/C17H32N4O4/c1-9(2)15(23)13(8-14(18)22)20-16(24)12(6)21(7)17(25)11(5)19-10(3)4/h9-13,19H,8H2,1-7H3,(H2,18,22)(H,20,24)/t11-,12-,13-/m0/s1. The highest BCUT2D eigenvalue weighted by Crippen LogP contribution is 2.06. The van der Waals surface area contributed by atoms with Crippen LogP contribution in [0.25, 0.3) is 0 Å². The van der Waals surface area contributed by atoms with E-state index in [2.05, 4.69) is 10.6 Å². The number of hydrogen-bond donors (Lipinski definition) is 3. The van der Waals surface area contributed by atoms with Crippen LogP contribution in [-0.2, 0) is 19.2 Å². The van der Waals surface area contributed by atoms with Crippen LogP contribution in [0.5, 0.6) is 0 Å². The van der Waals surface area contributed by atoms with E-state index in [1.54, 1.807) is 27.7 Å². The van der Waals surface area contributed by atoms with Gasteiger partial charge in [-0.15, -0.1) is 0 Å². The fraction of sp³-hybridized carbons (Fsp3) is 0.765. The molecule has 0 aliphatic heterocycles. The molecule has 0 fully saturated rings. The van der Waals surface area contributed by atoms with Crippen molar-refractivity contribution in [3.8, 4) is 0 Å². The van der Waals surface area contributed by atoms with Gasteiger partial charge in [-0.1, -0.05) is 27.7 Å². The minimum Gasteiger partial charge on any atom is -0.370 e. The average molecular weight is 356 g/mol. The second kappa shape index (κ2) is 10.1. The van der Waals surface area contributed by atoms with E-state index in [0.29, 0.717) is 0 Å². The zero-order chi connectivity index (χ0) is 19.9. The zero-order valence-electron chi connectivity index (χ0n) is 16.3. The highest BCUT2D eigenvalue weighted by atomic mass is 16.2. The van der Waals surface area contributed by atoms with E-state index in [-0.39, 0.29) is 30.1 Å². The molecular formula is C17H32N4O4. The van der Waals surface area contributed by atoms with Gasteiger partial charge in [0.15, 0.2) is 5.78 Å². The van der Waals surface area contributed by atoms with E-state index in [4.69, 9.17) is 5.73 Å². The monoisotopic (exact) mass is 356 g/mol. The van der Waals surface area contributed by atoms with Gasteiger partial charge in [0, 0.05) is 19.0 Å². The quantitative estimate of drug-likeness (QED) is 0.501. The maximum Gasteiger partial charge on any atom is 0.243 e. The number of nitrogens with zero attached hydrogens (tertiary/aromatic N) is 1. The molecule has 8 nitrogen and oxygen atoms in total. The normalized spacial score (nSPS) is 14.8. The van der Waals surface area contributed by atoms with E-state index in [1.807, 2.05) is 13.8 Å². The van der Waals surface area contributed by atoms with Gasteiger partial charge >= 0.3 is 0 Å². The van der Waals surface area contributed by atoms with Crippen molar-refractivity contribution in [1.29, 1.82) is 0 Å². The summed E-state index contributed by atoms with van der Waals surface area (Å²) < 4.78 is 0. The summed E-state index contributed by atoms with van der Waals surface area (Å²) in [6.07, 6.45) is -0.265. The number of hydrogen-bond acceptors (Lipinski definition) is 5. The minimum atomic E-state index is -0.984. The Morgan fingerprint density at radius 1 is 1.00 bits per heavy atom. The minimum absolute atomic E-state index is 0.125. The Morgan fingerprint density at radius 2 is 1.52 bits per heavy atom. The molecule has 0 aromatic carbocycles. The van der Waals surface area contributed by atoms with Crippen molar-refractivity contribution >= 4 is 23.5 Å². The number of likely N-dealkylation sites (N-methyl/N-ethyl adjacent to an activating group) is 1. The highest BCUT2D eigenvalue weighted by molar-refractivity contribution is 5.96. The van der Waals surface area contributed by atoms with E-state index < -0.39 is 29.9 Å². The van der Waals surface area contributed by atoms with Crippen LogP contribution < -0.4 is 16.4 Å². The Kier molecular flexibility index (Phi) is 9.33. The van der Waals surface area contributed by atoms with Gasteiger partial charge in [-0.05, 0) is 13.8 Å². The summed E-state index contributed by atoms with van der Waals surface area (Å²) in [5, 5.41) is 5.62. The van der Waals surface area contributed by atoms with Gasteiger partial charge in [0.1, 0.15) is 6.04 Å². The van der Waals surface area contributed by atoms with Crippen molar-refractivity contribution in [2.75, 3.05) is 7.05 Å². The predicted molar refractivity (Wildman–Crippen MR) is 95.6 cm³/mol. The number of primary amides is 1. The molecule has 0 aliphatic carbocycles. The van der Waals surface area contributed by atoms with Crippen molar-refractivity contribution in [1.82, 2.24) is 15.5 Å². The predicted octanol–water partition coefficient (Wildman–Crippen LogP) is -0.195. The van der Waals surface area contributed by atoms with Crippen LogP contribution in [0.3, 0.4) is 0 Å². The Hall–Kier alpha value is -1.96. The summed E-state index contributed by atoms with van der Waals surface area (Å²) >= 11 is 0. The maximum atomic E-state index is 12.4. The molecule has 0 rings (SSSR count). The van der Waals surface area contributed by atoms with Crippen molar-refractivity contribution in [2.45, 2.75) is 72.1 Å². The third-order valence-corrected chi connectivity index (χ3v) is 3.90. The largest absolute Gasteiger partial charge is 0.370 e. The van der Waals surface area contributed by atoms with Crippen LogP contribution >= 0.6 is 0 Å². The molecule has 3 amide bonds. The third kappa shape index (κ3) is 7.64. The van der Waals surface area contributed by atoms with Crippen LogP contribution in [-0.4, -0.2) is 59.6 Å². The lowest BCUT2D eigenvalue weighted by molar-refractivity contribution is -0.141. The van der Waals surface area contributed by atoms with Crippen molar-refractivity contribution in [2.24, 2.45) is 11.7 Å². The van der Waals surface area contributed by atoms with Gasteiger partial charge in [0.05, 0.1) is 18.5 Å². The summed E-state index contributed by atoms with van der Waals surface area (Å²) in [4.78, 5) is 49.4. The van der Waals surface area contributed by atoms with Crippen molar-refractivity contribution in [3.63, 3.8) is 0 Å². The Bertz CT molecular complexity index is 505. The number of ketones is 1. The number of nitrogens with two attached hydrogens (primary N) is 1. The third-order valence-electron chi connectivity index (χ3n) is 3.90. The second-order valence-electron chi connectivity index (χ2n) is 6.96. The fourth-order valence-electron chi connectivity index (χ4n) is 2.36. The van der Waals surface area contributed by atoms with Gasteiger partial charge in [0.2, 0.25) is 17.7 Å². The Labute approximate surface area is 149 Å². The molecule has 0 aromatic heterocycles. The molecule has 0 bridgehead atoms. The molecule has 4 N–H and O–H groups in total. The molecule has 0 aromatic rings. The average Bonchev–Trinajstić information content (AvgIpc) is 2.49. The molecular weight excluding hydrogens is 324 g/mol. The maximum absolute atomic E-state index is 12.4. The SMILES string of the molecule is CC(C)N[C@@H](C)C(=O)N(C)[C@@H](C)C(=O)N[C@@H](CC(N)=O)C(=O)C(C)C. The lowest BCUT2D eigenvalue weighted by atomic mass is 9.98. The molecule has 0 saturated carbocycles. The van der Waals surface area contributed by atoms with Crippen LogP contribution in [0.2, 0.25) is 0 Å². The molecule has 144 valence electrons. The summed E-state index contributed by atoms with van der Waals surface area (Å²) in [6.45, 7) is 10.5. The summed E-state index contributed by atoms with van der Waals surface area (Å²) in [6, 6.07) is -2.10. The molecule has 0 spiro atoms. The lowest BCUT2D eigenvalue weighted by Gasteiger charge is -2.29. The van der Waals surface area contributed by atoms with E-state index in [9.17, 15) is 19.2 Å². The Balaban J connectivity index is 5.02. The lowest BCUT2D eigenvalue weighted by Crippen LogP contribution is -2.55. The van der Waals surface area contributed by atoms with Crippen LogP contribution in [0.4, 0.5) is 0 Å². The molecule has 0 radical (unpaired) electrons. The molecule has 3 atom stereocenters. The van der Waals surface area contributed by atoms with Gasteiger partial charge in [-0.3, -0.25) is 19.2 Å². The molecule has 0 heterocycles. The molecule has 0 unspecified atom stereocenters. The number of Topliss-reactive ketones (excluding diaryl/α,β-unsaturated/α-hetero) is 1. The van der Waals surface area contributed by atoms with E-state index >= 15 is 0 Å². The smallest absolute Gasteiger partial charge is 0.243 e. The van der Waals surface area contributed by atoms with Crippen molar-refractivity contribution < 1.29 is 19.2 Å². The number of carbonyl (C=O) groups excluding carboxylic acids is 4. The van der Waals surface area contributed by atoms with E-state index in [0.717, 1.165) is 0 Å². The first-order chi connectivity index (χ1) is 11.4. The molecule has 25 heavy (non-hydrogen) atoms. The van der Waals surface area contributed by atoms with Gasteiger partial charge in [-0.2, -0.15) is 0 Å². The number of amides is 3. The summed E-state index contributed by atoms with van der Waals surface area (Å²) in [5.74, 6) is -2.05. The Morgan fingerprint density at radius 3 is 1.92 bits per heavy atom. The van der Waals surface area contributed by atoms with Gasteiger partial charge in [-0.25, -0.2) is 0 Å². The van der Waals surface area contributed by atoms with Crippen molar-refractivity contribution in [3.05, 3.63) is 0 Å². The summed E-state index contributed by atoms with van der Waals surface area (Å²) in [7, 11) is 1.53. The number of carbonyl (C=O) groups is 4. The zero-order valence-corrected chi connectivity index (χ0v) is 16.3. The molecule has 0 aliphatic rings.